The van der Waals surface area contributed by atoms with E-state index in [0.29, 0.717) is 23.7 Å². The Balaban J connectivity index is 1.66. The highest BCUT2D eigenvalue weighted by molar-refractivity contribution is 6.31. The largest absolute Gasteiger partial charge is 0.493 e. The SMILES string of the molecule is COc1cc(C=CC(=O)Nc2ccc(Cl)c(C(F)(F)F)c2)ccc1OCc1ccccc1. The van der Waals surface area contributed by atoms with Crippen LogP contribution in [0.2, 0.25) is 5.02 Å². The molecule has 3 aromatic rings. The van der Waals surface area contributed by atoms with E-state index in [1.807, 2.05) is 30.3 Å². The van der Waals surface area contributed by atoms with Crippen molar-refractivity contribution in [2.45, 2.75) is 12.8 Å². The molecule has 0 heterocycles. The van der Waals surface area contributed by atoms with Gasteiger partial charge in [0.2, 0.25) is 5.91 Å². The first-order valence-corrected chi connectivity index (χ1v) is 9.84. The molecule has 0 unspecified atom stereocenters. The number of amides is 1. The Labute approximate surface area is 188 Å². The maximum atomic E-state index is 13.0. The number of carbonyl (C=O) groups excluding carboxylic acids is 1. The Morgan fingerprint density at radius 3 is 2.47 bits per heavy atom. The van der Waals surface area contributed by atoms with Crippen molar-refractivity contribution >= 4 is 29.3 Å². The van der Waals surface area contributed by atoms with E-state index >= 15 is 0 Å². The van der Waals surface area contributed by atoms with Crippen LogP contribution in [0, 0.1) is 0 Å². The van der Waals surface area contributed by atoms with Gasteiger partial charge in [0.1, 0.15) is 6.61 Å². The van der Waals surface area contributed by atoms with Crippen molar-refractivity contribution in [1.82, 2.24) is 0 Å². The summed E-state index contributed by atoms with van der Waals surface area (Å²) in [6, 6.07) is 18.0. The van der Waals surface area contributed by atoms with Crippen LogP contribution >= 0.6 is 11.6 Å². The third-order valence-corrected chi connectivity index (χ3v) is 4.72. The highest BCUT2D eigenvalue weighted by Gasteiger charge is 2.33. The number of carbonyl (C=O) groups is 1. The first kappa shape index (κ1) is 23.2. The zero-order valence-corrected chi connectivity index (χ0v) is 17.7. The molecule has 1 N–H and O–H groups in total. The van der Waals surface area contributed by atoms with Crippen molar-refractivity contribution in [1.29, 1.82) is 0 Å². The smallest absolute Gasteiger partial charge is 0.417 e. The van der Waals surface area contributed by atoms with Gasteiger partial charge < -0.3 is 14.8 Å². The maximum Gasteiger partial charge on any atom is 0.417 e. The second kappa shape index (κ2) is 10.2. The Morgan fingerprint density at radius 1 is 1.03 bits per heavy atom. The number of halogens is 4. The Kier molecular flexibility index (Phi) is 7.43. The molecule has 0 saturated carbocycles. The van der Waals surface area contributed by atoms with E-state index in [4.69, 9.17) is 21.1 Å². The monoisotopic (exact) mass is 461 g/mol. The van der Waals surface area contributed by atoms with Crippen LogP contribution < -0.4 is 14.8 Å². The number of ether oxygens (including phenoxy) is 2. The second-order valence-corrected chi connectivity index (χ2v) is 7.11. The Hall–Kier alpha value is -3.45. The van der Waals surface area contributed by atoms with Gasteiger partial charge >= 0.3 is 6.18 Å². The fraction of sp³-hybridized carbons (Fsp3) is 0.125. The molecule has 0 aromatic heterocycles. The summed E-state index contributed by atoms with van der Waals surface area (Å²) >= 11 is 5.59. The molecule has 0 aliphatic carbocycles. The summed E-state index contributed by atoms with van der Waals surface area (Å²) in [4.78, 5) is 12.1. The number of alkyl halides is 3. The summed E-state index contributed by atoms with van der Waals surface area (Å²) in [5.41, 5.74) is 0.623. The lowest BCUT2D eigenvalue weighted by Gasteiger charge is -2.12. The number of anilines is 1. The van der Waals surface area contributed by atoms with E-state index < -0.39 is 22.7 Å². The molecule has 0 radical (unpaired) electrons. The molecule has 0 aliphatic rings. The molecule has 0 spiro atoms. The van der Waals surface area contributed by atoms with Crippen molar-refractivity contribution < 1.29 is 27.4 Å². The zero-order valence-electron chi connectivity index (χ0n) is 16.9. The number of hydrogen-bond donors (Lipinski definition) is 1. The van der Waals surface area contributed by atoms with E-state index in [0.717, 1.165) is 17.7 Å². The second-order valence-electron chi connectivity index (χ2n) is 6.70. The van der Waals surface area contributed by atoms with Gasteiger partial charge in [0.25, 0.3) is 0 Å². The molecule has 8 heteroatoms. The fourth-order valence-corrected chi connectivity index (χ4v) is 3.04. The lowest BCUT2D eigenvalue weighted by atomic mass is 10.1. The van der Waals surface area contributed by atoms with Crippen LogP contribution in [0.1, 0.15) is 16.7 Å². The van der Waals surface area contributed by atoms with Gasteiger partial charge in [-0.2, -0.15) is 13.2 Å². The van der Waals surface area contributed by atoms with Crippen LogP contribution in [-0.2, 0) is 17.6 Å². The number of rotatable bonds is 7. The van der Waals surface area contributed by atoms with Crippen molar-refractivity contribution in [3.8, 4) is 11.5 Å². The Morgan fingerprint density at radius 2 is 1.78 bits per heavy atom. The minimum absolute atomic E-state index is 0.0152. The van der Waals surface area contributed by atoms with Gasteiger partial charge in [0.15, 0.2) is 11.5 Å². The minimum atomic E-state index is -4.62. The summed E-state index contributed by atoms with van der Waals surface area (Å²) < 4.78 is 50.0. The molecule has 3 aromatic carbocycles. The van der Waals surface area contributed by atoms with Gasteiger partial charge in [0.05, 0.1) is 17.7 Å². The average Bonchev–Trinajstić information content (AvgIpc) is 2.77. The molecule has 0 atom stereocenters. The molecule has 0 bridgehead atoms. The minimum Gasteiger partial charge on any atom is -0.493 e. The standard InChI is InChI=1S/C24H19ClF3NO3/c1-31-22-13-16(7-11-21(22)32-15-17-5-3-2-4-6-17)8-12-23(30)29-18-9-10-20(25)19(14-18)24(26,27)28/h2-14H,15H2,1H3,(H,29,30). The van der Waals surface area contributed by atoms with Gasteiger partial charge in [-0.1, -0.05) is 48.0 Å². The summed E-state index contributed by atoms with van der Waals surface area (Å²) in [7, 11) is 1.50. The fourth-order valence-electron chi connectivity index (χ4n) is 2.82. The number of methoxy groups -OCH3 is 1. The summed E-state index contributed by atoms with van der Waals surface area (Å²) in [5, 5.41) is 1.95. The van der Waals surface area contributed by atoms with Gasteiger partial charge in [-0.05, 0) is 47.5 Å². The van der Waals surface area contributed by atoms with Crippen LogP contribution in [0.15, 0.2) is 72.8 Å². The van der Waals surface area contributed by atoms with Crippen LogP contribution in [-0.4, -0.2) is 13.0 Å². The zero-order chi connectivity index (χ0) is 23.1. The maximum absolute atomic E-state index is 13.0. The third-order valence-electron chi connectivity index (χ3n) is 4.39. The first-order chi connectivity index (χ1) is 15.3. The predicted octanol–water partition coefficient (Wildman–Crippen LogP) is 6.60. The predicted molar refractivity (Wildman–Crippen MR) is 118 cm³/mol. The van der Waals surface area contributed by atoms with Crippen LogP contribution in [0.5, 0.6) is 11.5 Å². The van der Waals surface area contributed by atoms with Crippen molar-refractivity contribution in [2.24, 2.45) is 0 Å². The van der Waals surface area contributed by atoms with E-state index in [-0.39, 0.29) is 5.69 Å². The summed E-state index contributed by atoms with van der Waals surface area (Å²) in [6.45, 7) is 0.371. The highest BCUT2D eigenvalue weighted by atomic mass is 35.5. The topological polar surface area (TPSA) is 47.6 Å². The van der Waals surface area contributed by atoms with Crippen molar-refractivity contribution in [2.75, 3.05) is 12.4 Å². The molecular weight excluding hydrogens is 443 g/mol. The number of benzene rings is 3. The molecule has 0 saturated heterocycles. The molecule has 0 fully saturated rings. The normalized spacial score (nSPS) is 11.4. The third kappa shape index (κ3) is 6.28. The summed E-state index contributed by atoms with van der Waals surface area (Å²) in [6.07, 6.45) is -1.89. The number of hydrogen-bond acceptors (Lipinski definition) is 3. The van der Waals surface area contributed by atoms with Crippen molar-refractivity contribution in [3.05, 3.63) is 94.5 Å². The average molecular weight is 462 g/mol. The lowest BCUT2D eigenvalue weighted by molar-refractivity contribution is -0.137. The van der Waals surface area contributed by atoms with Gasteiger partial charge in [-0.3, -0.25) is 4.79 Å². The van der Waals surface area contributed by atoms with Gasteiger partial charge in [-0.15, -0.1) is 0 Å². The van der Waals surface area contributed by atoms with Gasteiger partial charge in [-0.25, -0.2) is 0 Å². The lowest BCUT2D eigenvalue weighted by Crippen LogP contribution is -2.11. The van der Waals surface area contributed by atoms with Crippen molar-refractivity contribution in [3.63, 3.8) is 0 Å². The molecule has 3 rings (SSSR count). The Bertz CT molecular complexity index is 1120. The molecule has 32 heavy (non-hydrogen) atoms. The summed E-state index contributed by atoms with van der Waals surface area (Å²) in [5.74, 6) is 0.429. The van der Waals surface area contributed by atoms with E-state index in [2.05, 4.69) is 5.32 Å². The van der Waals surface area contributed by atoms with Crippen LogP contribution in [0.3, 0.4) is 0 Å². The first-order valence-electron chi connectivity index (χ1n) is 9.47. The van der Waals surface area contributed by atoms with E-state index in [1.165, 1.54) is 25.3 Å². The number of nitrogens with one attached hydrogen (secondary N) is 1. The molecular formula is C24H19ClF3NO3. The van der Waals surface area contributed by atoms with E-state index in [1.54, 1.807) is 18.2 Å². The van der Waals surface area contributed by atoms with E-state index in [9.17, 15) is 18.0 Å². The molecule has 4 nitrogen and oxygen atoms in total. The van der Waals surface area contributed by atoms with Crippen LogP contribution in [0.4, 0.5) is 18.9 Å². The molecule has 1 amide bonds. The quantitative estimate of drug-likeness (QED) is 0.403. The van der Waals surface area contributed by atoms with Crippen LogP contribution in [0.25, 0.3) is 6.08 Å². The highest BCUT2D eigenvalue weighted by Crippen LogP contribution is 2.36. The van der Waals surface area contributed by atoms with Gasteiger partial charge in [0, 0.05) is 11.8 Å². The molecule has 166 valence electrons. The molecule has 0 aliphatic heterocycles.